The van der Waals surface area contributed by atoms with E-state index in [1.807, 2.05) is 0 Å². The molecule has 0 unspecified atom stereocenters. The molecule has 0 atom stereocenters. The normalized spacial score (nSPS) is 17.1. The van der Waals surface area contributed by atoms with Crippen LogP contribution in [0.5, 0.6) is 0 Å². The zero-order valence-electron chi connectivity index (χ0n) is 14.7. The zero-order chi connectivity index (χ0) is 19.3. The molecule has 1 aliphatic heterocycles. The van der Waals surface area contributed by atoms with Crippen molar-refractivity contribution in [2.75, 3.05) is 13.1 Å². The number of rotatable bonds is 3. The Morgan fingerprint density at radius 1 is 1.33 bits per heavy atom. The average molecular weight is 371 g/mol. The summed E-state index contributed by atoms with van der Waals surface area (Å²) >= 11 is 0. The summed E-state index contributed by atoms with van der Waals surface area (Å²) in [5.41, 5.74) is 0.0374. The molecule has 1 amide bonds. The van der Waals surface area contributed by atoms with Gasteiger partial charge in [0.25, 0.3) is 0 Å². The number of carbonyl (C=O) groups excluding carboxylic acids is 1. The molecule has 7 nitrogen and oxygen atoms in total. The maximum Gasteiger partial charge on any atom is 0.341 e. The van der Waals surface area contributed by atoms with Gasteiger partial charge >= 0.3 is 5.97 Å². The highest BCUT2D eigenvalue weighted by molar-refractivity contribution is 5.92. The molecular formula is C19H18FN3O4. The van der Waals surface area contributed by atoms with E-state index >= 15 is 0 Å². The Morgan fingerprint density at radius 2 is 2.07 bits per heavy atom. The minimum Gasteiger partial charge on any atom is -0.477 e. The highest BCUT2D eigenvalue weighted by Gasteiger charge is 2.28. The molecule has 0 radical (unpaired) electrons. The Hall–Kier alpha value is -3.03. The number of amides is 1. The zero-order valence-corrected chi connectivity index (χ0v) is 14.7. The molecule has 27 heavy (non-hydrogen) atoms. The topological polar surface area (TPSA) is 92.5 Å². The number of carbonyl (C=O) groups is 2. The molecule has 140 valence electrons. The molecule has 1 N–H and O–H groups in total. The lowest BCUT2D eigenvalue weighted by Gasteiger charge is -2.25. The van der Waals surface area contributed by atoms with E-state index in [-0.39, 0.29) is 28.6 Å². The molecule has 8 heteroatoms. The van der Waals surface area contributed by atoms with Crippen LogP contribution in [0.2, 0.25) is 0 Å². The smallest absolute Gasteiger partial charge is 0.341 e. The van der Waals surface area contributed by atoms with Gasteiger partial charge < -0.3 is 14.6 Å². The highest BCUT2D eigenvalue weighted by atomic mass is 19.1. The van der Waals surface area contributed by atoms with Crippen LogP contribution >= 0.6 is 0 Å². The number of halogens is 1. The van der Waals surface area contributed by atoms with Crippen LogP contribution in [-0.4, -0.2) is 44.5 Å². The first-order chi connectivity index (χ1) is 12.9. The first kappa shape index (κ1) is 17.4. The van der Waals surface area contributed by atoms with Crippen LogP contribution in [0.15, 0.2) is 23.1 Å². The number of pyridine rings is 2. The molecule has 2 aromatic rings. The Kier molecular flexibility index (Phi) is 4.05. The lowest BCUT2D eigenvalue weighted by molar-refractivity contribution is -0.128. The number of fused-ring (bicyclic) bond motifs is 1. The molecule has 1 saturated carbocycles. The van der Waals surface area contributed by atoms with Crippen LogP contribution in [-0.2, 0) is 4.79 Å². The van der Waals surface area contributed by atoms with Gasteiger partial charge in [-0.1, -0.05) is 6.08 Å². The summed E-state index contributed by atoms with van der Waals surface area (Å²) in [6.45, 7) is 2.35. The van der Waals surface area contributed by atoms with E-state index in [9.17, 15) is 23.9 Å². The first-order valence-corrected chi connectivity index (χ1v) is 8.80. The maximum absolute atomic E-state index is 14.7. The van der Waals surface area contributed by atoms with E-state index in [1.54, 1.807) is 15.5 Å². The van der Waals surface area contributed by atoms with Crippen molar-refractivity contribution in [3.8, 4) is 0 Å². The minimum atomic E-state index is -1.33. The minimum absolute atomic E-state index is 0.0233. The van der Waals surface area contributed by atoms with E-state index in [2.05, 4.69) is 4.98 Å². The summed E-state index contributed by atoms with van der Waals surface area (Å²) in [5, 5.41) is 9.26. The maximum atomic E-state index is 14.7. The number of carboxylic acid groups (broad SMARTS) is 1. The summed E-state index contributed by atoms with van der Waals surface area (Å²) in [7, 11) is 0. The van der Waals surface area contributed by atoms with Crippen LogP contribution in [0.3, 0.4) is 0 Å². The van der Waals surface area contributed by atoms with Gasteiger partial charge in [-0.2, -0.15) is 0 Å². The van der Waals surface area contributed by atoms with Crippen LogP contribution in [0.1, 0.15) is 48.3 Å². The van der Waals surface area contributed by atoms with E-state index in [1.165, 1.54) is 13.1 Å². The van der Waals surface area contributed by atoms with Gasteiger partial charge in [0, 0.05) is 32.3 Å². The third-order valence-electron chi connectivity index (χ3n) is 5.09. The van der Waals surface area contributed by atoms with E-state index < -0.39 is 17.2 Å². The fourth-order valence-electron chi connectivity index (χ4n) is 3.43. The third kappa shape index (κ3) is 3.01. The second-order valence-electron chi connectivity index (χ2n) is 6.95. The van der Waals surface area contributed by atoms with Gasteiger partial charge in [-0.3, -0.25) is 9.59 Å². The molecule has 0 bridgehead atoms. The Morgan fingerprint density at radius 3 is 2.63 bits per heavy atom. The molecule has 1 fully saturated rings. The van der Waals surface area contributed by atoms with Crippen LogP contribution < -0.4 is 5.43 Å². The summed E-state index contributed by atoms with van der Waals surface area (Å²) in [4.78, 5) is 41.4. The summed E-state index contributed by atoms with van der Waals surface area (Å²) in [6, 6.07) is 1.16. The highest BCUT2D eigenvalue weighted by Crippen LogP contribution is 2.37. The molecule has 4 rings (SSSR count). The largest absolute Gasteiger partial charge is 0.477 e. The predicted octanol–water partition coefficient (Wildman–Crippen LogP) is 2.20. The molecular weight excluding hydrogens is 353 g/mol. The quantitative estimate of drug-likeness (QED) is 0.893. The lowest BCUT2D eigenvalue weighted by atomic mass is 10.0. The molecule has 1 aliphatic carbocycles. The van der Waals surface area contributed by atoms with Gasteiger partial charge in [-0.05, 0) is 30.9 Å². The monoisotopic (exact) mass is 371 g/mol. The fraction of sp³-hybridized carbons (Fsp3) is 0.368. The number of aromatic nitrogens is 2. The van der Waals surface area contributed by atoms with Crippen LogP contribution in [0.4, 0.5) is 4.39 Å². The summed E-state index contributed by atoms with van der Waals surface area (Å²) in [6.07, 6.45) is 5.28. The lowest BCUT2D eigenvalue weighted by Crippen LogP contribution is -2.32. The Bertz CT molecular complexity index is 1070. The van der Waals surface area contributed by atoms with Crippen molar-refractivity contribution in [3.63, 3.8) is 0 Å². The van der Waals surface area contributed by atoms with Gasteiger partial charge in [0.2, 0.25) is 11.3 Å². The van der Waals surface area contributed by atoms with Crippen molar-refractivity contribution < 1.29 is 19.1 Å². The van der Waals surface area contributed by atoms with Crippen molar-refractivity contribution in [2.24, 2.45) is 0 Å². The van der Waals surface area contributed by atoms with E-state index in [0.29, 0.717) is 30.7 Å². The van der Waals surface area contributed by atoms with Gasteiger partial charge in [0.05, 0.1) is 5.39 Å². The Labute approximate surface area is 153 Å². The average Bonchev–Trinajstić information content (AvgIpc) is 3.47. The van der Waals surface area contributed by atoms with E-state index in [4.69, 9.17) is 0 Å². The van der Waals surface area contributed by atoms with Crippen LogP contribution in [0, 0.1) is 5.82 Å². The third-order valence-corrected chi connectivity index (χ3v) is 5.09. The molecule has 0 spiro atoms. The summed E-state index contributed by atoms with van der Waals surface area (Å²) in [5.74, 6) is -2.03. The van der Waals surface area contributed by atoms with E-state index in [0.717, 1.165) is 18.9 Å². The molecule has 2 aliphatic rings. The van der Waals surface area contributed by atoms with Crippen molar-refractivity contribution >= 4 is 28.5 Å². The number of carboxylic acids is 1. The first-order valence-electron chi connectivity index (χ1n) is 8.80. The van der Waals surface area contributed by atoms with Crippen molar-refractivity contribution in [2.45, 2.75) is 32.2 Å². The second-order valence-corrected chi connectivity index (χ2v) is 6.95. The van der Waals surface area contributed by atoms with Gasteiger partial charge in [0.1, 0.15) is 22.7 Å². The van der Waals surface area contributed by atoms with Gasteiger partial charge in [0.15, 0.2) is 0 Å². The fourth-order valence-corrected chi connectivity index (χ4v) is 3.43. The summed E-state index contributed by atoms with van der Waals surface area (Å²) < 4.78 is 16.4. The van der Waals surface area contributed by atoms with Crippen LogP contribution in [0.25, 0.3) is 16.6 Å². The van der Waals surface area contributed by atoms with Gasteiger partial charge in [-0.25, -0.2) is 14.2 Å². The van der Waals surface area contributed by atoms with Crippen molar-refractivity contribution in [1.82, 2.24) is 14.5 Å². The predicted molar refractivity (Wildman–Crippen MR) is 96.0 cm³/mol. The number of hydrogen-bond donors (Lipinski definition) is 1. The van der Waals surface area contributed by atoms with Gasteiger partial charge in [-0.15, -0.1) is 0 Å². The molecule has 2 aromatic heterocycles. The second kappa shape index (κ2) is 6.29. The van der Waals surface area contributed by atoms with Crippen molar-refractivity contribution in [1.29, 1.82) is 0 Å². The Balaban J connectivity index is 1.88. The standard InChI is InChI=1S/C19H18FN3O4/c1-10(24)22-6-4-11(5-7-22)16-15(20)8-13-17(25)14(19(26)27)9-23(12-2-3-12)18(13)21-16/h4,8-9,12H,2-3,5-7H2,1H3,(H,26,27). The number of hydrogen-bond acceptors (Lipinski definition) is 4. The molecule has 0 aromatic carbocycles. The number of nitrogens with zero attached hydrogens (tertiary/aromatic N) is 3. The van der Waals surface area contributed by atoms with Crippen molar-refractivity contribution in [3.05, 3.63) is 45.6 Å². The SMILES string of the molecule is CC(=O)N1CC=C(c2nc3c(cc2F)c(=O)c(C(=O)O)cn3C2CC2)CC1. The number of aromatic carboxylic acids is 1. The molecule has 0 saturated heterocycles. The molecule has 3 heterocycles.